The average molecular weight is 375 g/mol. The fraction of sp³-hybridized carbons (Fsp3) is 0.316. The van der Waals surface area contributed by atoms with Crippen LogP contribution in [0.2, 0.25) is 0 Å². The van der Waals surface area contributed by atoms with Gasteiger partial charge >= 0.3 is 0 Å². The molecule has 26 heavy (non-hydrogen) atoms. The van der Waals surface area contributed by atoms with Crippen molar-refractivity contribution in [3.63, 3.8) is 0 Å². The van der Waals surface area contributed by atoms with Gasteiger partial charge in [0.2, 0.25) is 10.0 Å². The first-order valence-corrected chi connectivity index (χ1v) is 9.99. The maximum absolute atomic E-state index is 12.4. The van der Waals surface area contributed by atoms with Gasteiger partial charge in [-0.2, -0.15) is 0 Å². The maximum atomic E-state index is 12.4. The highest BCUT2D eigenvalue weighted by molar-refractivity contribution is 7.89. The first-order valence-electron chi connectivity index (χ1n) is 8.45. The number of aryl methyl sites for hydroxylation is 1. The predicted molar refractivity (Wildman–Crippen MR) is 105 cm³/mol. The van der Waals surface area contributed by atoms with E-state index in [0.29, 0.717) is 22.9 Å². The highest BCUT2D eigenvalue weighted by Gasteiger charge is 2.14. The largest absolute Gasteiger partial charge is 0.369 e. The van der Waals surface area contributed by atoms with Crippen molar-refractivity contribution in [3.05, 3.63) is 53.6 Å². The van der Waals surface area contributed by atoms with Crippen molar-refractivity contribution in [3.8, 4) is 0 Å². The molecule has 1 amide bonds. The summed E-state index contributed by atoms with van der Waals surface area (Å²) in [5.41, 5.74) is 2.45. The van der Waals surface area contributed by atoms with Crippen molar-refractivity contribution in [2.24, 2.45) is 5.14 Å². The van der Waals surface area contributed by atoms with E-state index in [1.165, 1.54) is 6.07 Å². The molecule has 2 aromatic rings. The number of nitrogens with one attached hydrogen (secondary N) is 1. The second kappa shape index (κ2) is 7.88. The van der Waals surface area contributed by atoms with E-state index in [4.69, 9.17) is 5.14 Å². The smallest absolute Gasteiger partial charge is 0.255 e. The van der Waals surface area contributed by atoms with Crippen LogP contribution in [-0.4, -0.2) is 26.9 Å². The molecule has 6 nitrogen and oxygen atoms in total. The Bertz CT molecular complexity index is 891. The number of anilines is 2. The van der Waals surface area contributed by atoms with Gasteiger partial charge in [0, 0.05) is 29.5 Å². The molecular formula is C19H25N3O3S. The molecule has 0 radical (unpaired) electrons. The fourth-order valence-corrected chi connectivity index (χ4v) is 3.65. The molecule has 0 aromatic heterocycles. The van der Waals surface area contributed by atoms with Crippen LogP contribution in [0.15, 0.2) is 47.4 Å². The molecule has 0 aliphatic carbocycles. The Labute approximate surface area is 155 Å². The molecule has 140 valence electrons. The lowest BCUT2D eigenvalue weighted by Crippen LogP contribution is -2.30. The van der Waals surface area contributed by atoms with Crippen molar-refractivity contribution in [1.82, 2.24) is 0 Å². The van der Waals surface area contributed by atoms with Crippen LogP contribution in [0.3, 0.4) is 0 Å². The highest BCUT2D eigenvalue weighted by Crippen LogP contribution is 2.21. The van der Waals surface area contributed by atoms with E-state index < -0.39 is 10.0 Å². The minimum Gasteiger partial charge on any atom is -0.369 e. The monoisotopic (exact) mass is 375 g/mol. The number of hydrogen-bond acceptors (Lipinski definition) is 4. The number of sulfonamides is 1. The van der Waals surface area contributed by atoms with Crippen LogP contribution in [0.25, 0.3) is 0 Å². The van der Waals surface area contributed by atoms with Gasteiger partial charge in [0.1, 0.15) is 0 Å². The van der Waals surface area contributed by atoms with E-state index in [9.17, 15) is 13.2 Å². The first kappa shape index (κ1) is 19.9. The summed E-state index contributed by atoms with van der Waals surface area (Å²) in [6.45, 7) is 8.84. The van der Waals surface area contributed by atoms with E-state index in [1.807, 2.05) is 12.1 Å². The molecule has 0 atom stereocenters. The minimum atomic E-state index is -3.84. The third-order valence-corrected chi connectivity index (χ3v) is 5.23. The number of amides is 1. The SMILES string of the molecule is CCN(c1ccc(C(=O)Nc2ccc(C)c(S(N)(=O)=O)c2)cc1)C(C)C. The average Bonchev–Trinajstić information content (AvgIpc) is 2.56. The Balaban J connectivity index is 2.21. The number of rotatable bonds is 6. The van der Waals surface area contributed by atoms with Gasteiger partial charge < -0.3 is 10.2 Å². The zero-order valence-electron chi connectivity index (χ0n) is 15.5. The molecule has 0 aliphatic heterocycles. The van der Waals surface area contributed by atoms with Crippen molar-refractivity contribution >= 4 is 27.3 Å². The summed E-state index contributed by atoms with van der Waals surface area (Å²) in [4.78, 5) is 14.7. The molecule has 0 spiro atoms. The zero-order chi connectivity index (χ0) is 19.5. The van der Waals surface area contributed by atoms with E-state index in [1.54, 1.807) is 31.2 Å². The number of carbonyl (C=O) groups excluding carboxylic acids is 1. The van der Waals surface area contributed by atoms with Crippen LogP contribution in [0.5, 0.6) is 0 Å². The van der Waals surface area contributed by atoms with Crippen LogP contribution in [0.1, 0.15) is 36.7 Å². The van der Waals surface area contributed by atoms with E-state index in [0.717, 1.165) is 12.2 Å². The molecule has 2 rings (SSSR count). The molecule has 3 N–H and O–H groups in total. The second-order valence-corrected chi connectivity index (χ2v) is 7.94. The number of primary sulfonamides is 1. The summed E-state index contributed by atoms with van der Waals surface area (Å²) in [5.74, 6) is -0.312. The third-order valence-electron chi connectivity index (χ3n) is 4.18. The number of carbonyl (C=O) groups is 1. The quantitative estimate of drug-likeness (QED) is 0.811. The molecule has 0 unspecified atom stereocenters. The van der Waals surface area contributed by atoms with E-state index >= 15 is 0 Å². The summed E-state index contributed by atoms with van der Waals surface area (Å²) < 4.78 is 23.2. The predicted octanol–water partition coefficient (Wildman–Crippen LogP) is 3.13. The molecule has 0 heterocycles. The lowest BCUT2D eigenvalue weighted by atomic mass is 10.1. The second-order valence-electron chi connectivity index (χ2n) is 6.41. The van der Waals surface area contributed by atoms with Gasteiger partial charge in [-0.15, -0.1) is 0 Å². The summed E-state index contributed by atoms with van der Waals surface area (Å²) >= 11 is 0. The van der Waals surface area contributed by atoms with Gasteiger partial charge in [-0.3, -0.25) is 4.79 Å². The zero-order valence-corrected chi connectivity index (χ0v) is 16.3. The summed E-state index contributed by atoms with van der Waals surface area (Å²) in [6.07, 6.45) is 0. The molecule has 2 aromatic carbocycles. The Morgan fingerprint density at radius 3 is 2.27 bits per heavy atom. The van der Waals surface area contributed by atoms with E-state index in [2.05, 4.69) is 31.0 Å². The number of hydrogen-bond donors (Lipinski definition) is 2. The Morgan fingerprint density at radius 2 is 1.77 bits per heavy atom. The van der Waals surface area contributed by atoms with E-state index in [-0.39, 0.29) is 10.8 Å². The van der Waals surface area contributed by atoms with Crippen LogP contribution in [0.4, 0.5) is 11.4 Å². The minimum absolute atomic E-state index is 0.00108. The molecule has 0 aliphatic rings. The number of benzene rings is 2. The first-order chi connectivity index (χ1) is 12.1. The van der Waals surface area contributed by atoms with Gasteiger partial charge in [0.05, 0.1) is 4.90 Å². The van der Waals surface area contributed by atoms with Crippen LogP contribution in [0, 0.1) is 6.92 Å². The Morgan fingerprint density at radius 1 is 1.15 bits per heavy atom. The Hall–Kier alpha value is -2.38. The van der Waals surface area contributed by atoms with Gasteiger partial charge in [-0.1, -0.05) is 6.07 Å². The molecular weight excluding hydrogens is 350 g/mol. The highest BCUT2D eigenvalue weighted by atomic mass is 32.2. The van der Waals surface area contributed by atoms with Crippen molar-refractivity contribution in [1.29, 1.82) is 0 Å². The summed E-state index contributed by atoms with van der Waals surface area (Å²) in [7, 11) is -3.84. The van der Waals surface area contributed by atoms with Crippen LogP contribution in [-0.2, 0) is 10.0 Å². The standard InChI is InChI=1S/C19H25N3O3S/c1-5-22(13(2)3)17-10-7-15(8-11-17)19(23)21-16-9-6-14(4)18(12-16)26(20,24)25/h6-13H,5H2,1-4H3,(H,21,23)(H2,20,24,25). The lowest BCUT2D eigenvalue weighted by molar-refractivity contribution is 0.102. The van der Waals surface area contributed by atoms with Crippen molar-refractivity contribution in [2.45, 2.75) is 38.6 Å². The molecule has 0 fully saturated rings. The van der Waals surface area contributed by atoms with Crippen molar-refractivity contribution in [2.75, 3.05) is 16.8 Å². The van der Waals surface area contributed by atoms with Crippen LogP contribution < -0.4 is 15.4 Å². The van der Waals surface area contributed by atoms with Gasteiger partial charge in [-0.05, 0) is 69.7 Å². The Kier molecular flexibility index (Phi) is 6.05. The number of nitrogens with two attached hydrogens (primary N) is 1. The van der Waals surface area contributed by atoms with Gasteiger partial charge in [0.25, 0.3) is 5.91 Å². The molecule has 0 saturated heterocycles. The van der Waals surface area contributed by atoms with Crippen LogP contribution >= 0.6 is 0 Å². The summed E-state index contributed by atoms with van der Waals surface area (Å²) in [5, 5.41) is 7.92. The normalized spacial score (nSPS) is 11.5. The molecule has 0 bridgehead atoms. The van der Waals surface area contributed by atoms with Gasteiger partial charge in [0.15, 0.2) is 0 Å². The summed E-state index contributed by atoms with van der Waals surface area (Å²) in [6, 6.07) is 12.3. The fourth-order valence-electron chi connectivity index (χ4n) is 2.84. The molecule has 7 heteroatoms. The lowest BCUT2D eigenvalue weighted by Gasteiger charge is -2.27. The van der Waals surface area contributed by atoms with Crippen molar-refractivity contribution < 1.29 is 13.2 Å². The topological polar surface area (TPSA) is 92.5 Å². The molecule has 0 saturated carbocycles. The maximum Gasteiger partial charge on any atom is 0.255 e. The van der Waals surface area contributed by atoms with Gasteiger partial charge in [-0.25, -0.2) is 13.6 Å². The number of nitrogens with zero attached hydrogens (tertiary/aromatic N) is 1. The third kappa shape index (κ3) is 4.62.